The summed E-state index contributed by atoms with van der Waals surface area (Å²) in [5.74, 6) is 0. The van der Waals surface area contributed by atoms with Crippen molar-refractivity contribution < 1.29 is 26.3 Å². The molecule has 5 heterocycles. The molecule has 0 saturated carbocycles. The maximum absolute atomic E-state index is 13.6. The summed E-state index contributed by atoms with van der Waals surface area (Å²) >= 11 is 1.87. The lowest BCUT2D eigenvalue weighted by molar-refractivity contribution is -0.137. The van der Waals surface area contributed by atoms with E-state index in [2.05, 4.69) is 30.1 Å². The van der Waals surface area contributed by atoms with Crippen LogP contribution in [-0.4, -0.2) is 40.2 Å². The number of hydrogen-bond acceptors (Lipinski definition) is 10. The first kappa shape index (κ1) is 34.6. The topological polar surface area (TPSA) is 125 Å². The minimum atomic E-state index is -4.59. The summed E-state index contributed by atoms with van der Waals surface area (Å²) in [4.78, 5) is 17.8. The molecular formula is C36H20F6N8S2. The molecule has 2 aromatic carbocycles. The number of thioether (sulfide) groups is 1. The maximum atomic E-state index is 13.6. The first-order chi connectivity index (χ1) is 24.8. The summed E-state index contributed by atoms with van der Waals surface area (Å²) < 4.78 is 81.8. The van der Waals surface area contributed by atoms with Crippen LogP contribution in [0.15, 0.2) is 109 Å². The number of hydrogen-bond donors (Lipinski definition) is 2. The third-order valence-electron chi connectivity index (χ3n) is 7.60. The fraction of sp³-hybridized carbons (Fsp3) is 0.0556. The molecular weight excluding hydrogens is 723 g/mol. The molecule has 0 fully saturated rings. The van der Waals surface area contributed by atoms with E-state index in [1.807, 2.05) is 0 Å². The van der Waals surface area contributed by atoms with Gasteiger partial charge in [-0.15, -0.1) is 10.2 Å². The van der Waals surface area contributed by atoms with Gasteiger partial charge >= 0.3 is 12.4 Å². The second kappa shape index (κ2) is 13.7. The summed E-state index contributed by atoms with van der Waals surface area (Å²) in [6.45, 7) is 0. The molecule has 0 spiro atoms. The molecule has 0 amide bonds. The molecule has 7 aromatic rings. The second-order valence-corrected chi connectivity index (χ2v) is 13.0. The highest BCUT2D eigenvalue weighted by molar-refractivity contribution is 8.27. The van der Waals surface area contributed by atoms with E-state index < -0.39 is 23.5 Å². The monoisotopic (exact) mass is 742 g/mol. The van der Waals surface area contributed by atoms with Crippen LogP contribution in [0.4, 0.5) is 26.3 Å². The zero-order valence-corrected chi connectivity index (χ0v) is 27.8. The Balaban J connectivity index is 1.11. The average molecular weight is 743 g/mol. The Labute approximate surface area is 298 Å². The number of halogens is 6. The van der Waals surface area contributed by atoms with Crippen LogP contribution < -0.4 is 0 Å². The van der Waals surface area contributed by atoms with Gasteiger partial charge in [0.2, 0.25) is 0 Å². The largest absolute Gasteiger partial charge is 0.417 e. The van der Waals surface area contributed by atoms with Gasteiger partial charge in [-0.1, -0.05) is 59.9 Å². The van der Waals surface area contributed by atoms with E-state index >= 15 is 0 Å². The molecule has 52 heavy (non-hydrogen) atoms. The number of pyridine rings is 4. The molecule has 0 unspecified atom stereocenters. The zero-order chi connectivity index (χ0) is 36.6. The van der Waals surface area contributed by atoms with E-state index in [9.17, 15) is 26.3 Å². The molecule has 2 N–H and O–H groups in total. The fourth-order valence-electron chi connectivity index (χ4n) is 5.20. The van der Waals surface area contributed by atoms with Gasteiger partial charge in [0, 0.05) is 16.5 Å². The molecule has 5 aromatic heterocycles. The number of alkyl halides is 6. The van der Waals surface area contributed by atoms with E-state index in [0.29, 0.717) is 26.8 Å². The second-order valence-electron chi connectivity index (χ2n) is 11.0. The summed E-state index contributed by atoms with van der Waals surface area (Å²) in [6, 6.07) is 26.1. The van der Waals surface area contributed by atoms with Gasteiger partial charge in [0.1, 0.15) is 21.5 Å². The van der Waals surface area contributed by atoms with Crippen molar-refractivity contribution in [2.24, 2.45) is 0 Å². The van der Waals surface area contributed by atoms with Gasteiger partial charge in [-0.2, -0.15) is 26.3 Å². The van der Waals surface area contributed by atoms with Gasteiger partial charge in [-0.05, 0) is 72.4 Å². The van der Waals surface area contributed by atoms with Gasteiger partial charge in [0.05, 0.1) is 33.9 Å². The van der Waals surface area contributed by atoms with Crippen molar-refractivity contribution in [2.45, 2.75) is 12.4 Å². The van der Waals surface area contributed by atoms with Gasteiger partial charge in [-0.25, -0.2) is 19.9 Å². The standard InChI is InChI=1S/C36H20F6N8S2/c37-35(38,39)22-9-3-1-7-20(22)24-11-5-13-26(45-24)30(43)51-31(44)27-17-15-19-16-18-29(48-32(19)47-27)34-50-49-33(52-34)28-14-6-12-25(46-28)21-8-2-4-10-23(21)36(40,41)42/h1-18,43-44H. The molecule has 16 heteroatoms. The summed E-state index contributed by atoms with van der Waals surface area (Å²) in [6.07, 6.45) is -9.15. The van der Waals surface area contributed by atoms with Crippen molar-refractivity contribution in [3.05, 3.63) is 132 Å². The maximum Gasteiger partial charge on any atom is 0.417 e. The molecule has 8 nitrogen and oxygen atoms in total. The Kier molecular flexibility index (Phi) is 9.10. The Morgan fingerprint density at radius 1 is 0.500 bits per heavy atom. The van der Waals surface area contributed by atoms with Crippen LogP contribution >= 0.6 is 23.1 Å². The highest BCUT2D eigenvalue weighted by atomic mass is 32.2. The highest BCUT2D eigenvalue weighted by Gasteiger charge is 2.34. The summed E-state index contributed by atoms with van der Waals surface area (Å²) in [5, 5.41) is 26.7. The van der Waals surface area contributed by atoms with Gasteiger partial charge in [-0.3, -0.25) is 10.8 Å². The fourth-order valence-corrected chi connectivity index (χ4v) is 6.63. The molecule has 0 saturated heterocycles. The predicted molar refractivity (Wildman–Crippen MR) is 188 cm³/mol. The molecule has 0 bridgehead atoms. The van der Waals surface area contributed by atoms with Crippen molar-refractivity contribution in [1.82, 2.24) is 30.1 Å². The molecule has 258 valence electrons. The third-order valence-corrected chi connectivity index (χ3v) is 9.39. The Bertz CT molecular complexity index is 2500. The van der Waals surface area contributed by atoms with Crippen LogP contribution in [0.5, 0.6) is 0 Å². The normalized spacial score (nSPS) is 11.9. The van der Waals surface area contributed by atoms with Gasteiger partial charge in [0.15, 0.2) is 15.7 Å². The van der Waals surface area contributed by atoms with Crippen LogP contribution in [0, 0.1) is 10.8 Å². The Morgan fingerprint density at radius 2 is 1.00 bits per heavy atom. The van der Waals surface area contributed by atoms with Crippen LogP contribution in [0.3, 0.4) is 0 Å². The number of nitrogens with zero attached hydrogens (tertiary/aromatic N) is 6. The van der Waals surface area contributed by atoms with Crippen LogP contribution in [0.25, 0.3) is 55.0 Å². The first-order valence-electron chi connectivity index (χ1n) is 15.1. The molecule has 0 atom stereocenters. The van der Waals surface area contributed by atoms with E-state index in [0.717, 1.165) is 35.2 Å². The van der Waals surface area contributed by atoms with E-state index in [-0.39, 0.29) is 49.6 Å². The SMILES string of the molecule is N=C(SC(=N)c1ccc2ccc(-c3nnc(-c4cccc(-c5ccccc5C(F)(F)F)n4)s3)nc2n1)c1cccc(-c2ccccc2C(F)(F)F)n1. The Morgan fingerprint density at radius 3 is 1.62 bits per heavy atom. The van der Waals surface area contributed by atoms with Crippen molar-refractivity contribution >= 4 is 44.2 Å². The van der Waals surface area contributed by atoms with E-state index in [4.69, 9.17) is 10.8 Å². The lowest BCUT2D eigenvalue weighted by atomic mass is 10.0. The van der Waals surface area contributed by atoms with Gasteiger partial charge < -0.3 is 0 Å². The average Bonchev–Trinajstić information content (AvgIpc) is 3.64. The number of rotatable bonds is 6. The molecule has 0 aliphatic heterocycles. The number of benzene rings is 2. The molecule has 7 rings (SSSR count). The quantitative estimate of drug-likeness (QED) is 0.0987. The summed E-state index contributed by atoms with van der Waals surface area (Å²) in [7, 11) is 0. The lowest BCUT2D eigenvalue weighted by Gasteiger charge is -2.13. The highest BCUT2D eigenvalue weighted by Crippen LogP contribution is 2.38. The van der Waals surface area contributed by atoms with E-state index in [1.54, 1.807) is 36.4 Å². The number of aromatic nitrogens is 6. The lowest BCUT2D eigenvalue weighted by Crippen LogP contribution is -2.09. The predicted octanol–water partition coefficient (Wildman–Crippen LogP) is 10.1. The van der Waals surface area contributed by atoms with Crippen molar-refractivity contribution in [3.8, 4) is 43.9 Å². The third kappa shape index (κ3) is 7.15. The van der Waals surface area contributed by atoms with Crippen LogP contribution in [0.2, 0.25) is 0 Å². The van der Waals surface area contributed by atoms with Crippen molar-refractivity contribution in [1.29, 1.82) is 10.8 Å². The first-order valence-corrected chi connectivity index (χ1v) is 16.7. The van der Waals surface area contributed by atoms with Crippen molar-refractivity contribution in [3.63, 3.8) is 0 Å². The smallest absolute Gasteiger partial charge is 0.292 e. The van der Waals surface area contributed by atoms with Crippen LogP contribution in [0.1, 0.15) is 22.5 Å². The minimum absolute atomic E-state index is 0.0398. The molecule has 0 aliphatic carbocycles. The van der Waals surface area contributed by atoms with Crippen LogP contribution in [-0.2, 0) is 12.4 Å². The van der Waals surface area contributed by atoms with Gasteiger partial charge in [0.25, 0.3) is 0 Å². The summed E-state index contributed by atoms with van der Waals surface area (Å²) in [5.41, 5.74) is -0.364. The zero-order valence-electron chi connectivity index (χ0n) is 26.2. The number of nitrogens with one attached hydrogen (secondary N) is 2. The van der Waals surface area contributed by atoms with E-state index in [1.165, 1.54) is 60.7 Å². The number of fused-ring (bicyclic) bond motifs is 1. The molecule has 0 radical (unpaired) electrons. The van der Waals surface area contributed by atoms with Crippen molar-refractivity contribution in [2.75, 3.05) is 0 Å². The molecule has 0 aliphatic rings. The Hall–Kier alpha value is -5.87. The minimum Gasteiger partial charge on any atom is -0.292 e.